The molecule has 0 bridgehead atoms. The van der Waals surface area contributed by atoms with E-state index in [4.69, 9.17) is 42.3 Å². The van der Waals surface area contributed by atoms with Crippen molar-refractivity contribution in [3.8, 4) is 32.6 Å². The van der Waals surface area contributed by atoms with E-state index < -0.39 is 6.16 Å². The van der Waals surface area contributed by atoms with Crippen molar-refractivity contribution in [3.05, 3.63) is 69.0 Å². The van der Waals surface area contributed by atoms with E-state index in [0.29, 0.717) is 48.7 Å². The van der Waals surface area contributed by atoms with Gasteiger partial charge in [-0.2, -0.15) is 0 Å². The second-order valence-corrected chi connectivity index (χ2v) is 11.0. The van der Waals surface area contributed by atoms with Crippen LogP contribution >= 0.6 is 34.5 Å². The fourth-order valence-corrected chi connectivity index (χ4v) is 5.85. The number of carboxylic acid groups (broad SMARTS) is 1. The molecule has 37 heavy (non-hydrogen) atoms. The average molecular weight is 559 g/mol. The molecule has 2 aromatic carbocycles. The third kappa shape index (κ3) is 5.32. The van der Waals surface area contributed by atoms with Crippen molar-refractivity contribution in [1.29, 1.82) is 0 Å². The Morgan fingerprint density at radius 2 is 1.95 bits per heavy atom. The number of benzene rings is 2. The molecule has 0 aliphatic heterocycles. The fraction of sp³-hybridized carbons (Fsp3) is 0.296. The number of hydrogen-bond donors (Lipinski definition) is 1. The quantitative estimate of drug-likeness (QED) is 0.216. The first-order chi connectivity index (χ1) is 17.7. The molecule has 2 aromatic heterocycles. The zero-order valence-electron chi connectivity index (χ0n) is 20.4. The first-order valence-electron chi connectivity index (χ1n) is 11.8. The molecule has 192 valence electrons. The Hall–Kier alpha value is -3.07. The third-order valence-electron chi connectivity index (χ3n) is 6.13. The van der Waals surface area contributed by atoms with Gasteiger partial charge in [-0.15, -0.1) is 0 Å². The van der Waals surface area contributed by atoms with Crippen LogP contribution in [0.15, 0.2) is 40.9 Å². The monoisotopic (exact) mass is 558 g/mol. The lowest BCUT2D eigenvalue weighted by molar-refractivity contribution is 0.145. The summed E-state index contributed by atoms with van der Waals surface area (Å²) in [6.07, 6.45) is 0.742. The van der Waals surface area contributed by atoms with Gasteiger partial charge in [-0.25, -0.2) is 9.78 Å². The van der Waals surface area contributed by atoms with E-state index in [0.717, 1.165) is 35.3 Å². The molecule has 1 fully saturated rings. The molecular weight excluding hydrogens is 535 g/mol. The van der Waals surface area contributed by atoms with Crippen molar-refractivity contribution in [2.75, 3.05) is 0 Å². The van der Waals surface area contributed by atoms with Crippen LogP contribution in [0.1, 0.15) is 61.1 Å². The summed E-state index contributed by atoms with van der Waals surface area (Å²) in [6, 6.07) is 11.0. The van der Waals surface area contributed by atoms with Crippen molar-refractivity contribution in [3.63, 3.8) is 0 Å². The van der Waals surface area contributed by atoms with Gasteiger partial charge in [0.1, 0.15) is 28.8 Å². The van der Waals surface area contributed by atoms with Crippen LogP contribution in [0.2, 0.25) is 10.0 Å². The van der Waals surface area contributed by atoms with Crippen LogP contribution in [0.3, 0.4) is 0 Å². The van der Waals surface area contributed by atoms with Gasteiger partial charge in [0.15, 0.2) is 0 Å². The SMILES string of the molecule is Cc1cc(OCc2c(-c3c(Cl)cccc3Cl)noc2C2CC2)ccc1-c1nc(C(C)C)c(OC(=O)O)s1. The molecule has 0 radical (unpaired) electrons. The van der Waals surface area contributed by atoms with Crippen LogP contribution in [-0.2, 0) is 6.61 Å². The van der Waals surface area contributed by atoms with Gasteiger partial charge < -0.3 is 19.1 Å². The number of rotatable bonds is 8. The van der Waals surface area contributed by atoms with Crippen molar-refractivity contribution in [2.45, 2.75) is 52.1 Å². The van der Waals surface area contributed by atoms with Gasteiger partial charge in [0.2, 0.25) is 5.06 Å². The predicted octanol–water partition coefficient (Wildman–Crippen LogP) is 8.72. The summed E-state index contributed by atoms with van der Waals surface area (Å²) in [6.45, 7) is 6.10. The van der Waals surface area contributed by atoms with Crippen molar-refractivity contribution < 1.29 is 23.9 Å². The Balaban J connectivity index is 1.41. The summed E-state index contributed by atoms with van der Waals surface area (Å²) in [5.41, 5.74) is 4.51. The van der Waals surface area contributed by atoms with Crippen LogP contribution < -0.4 is 9.47 Å². The molecule has 7 nitrogen and oxygen atoms in total. The van der Waals surface area contributed by atoms with Crippen LogP contribution in [-0.4, -0.2) is 21.4 Å². The van der Waals surface area contributed by atoms with E-state index >= 15 is 0 Å². The first kappa shape index (κ1) is 25.6. The Labute approximate surface area is 227 Å². The number of nitrogens with zero attached hydrogens (tertiary/aromatic N) is 2. The lowest BCUT2D eigenvalue weighted by Crippen LogP contribution is -2.04. The minimum atomic E-state index is -1.35. The average Bonchev–Trinajstić information content (AvgIpc) is 3.46. The van der Waals surface area contributed by atoms with Gasteiger partial charge in [0, 0.05) is 23.0 Å². The molecule has 2 heterocycles. The standard InChI is InChI=1S/C27H24Cl2N2O5S/c1-13(2)22-26(35-27(32)33)37-25(30-22)17-10-9-16(11-14(17)3)34-12-18-23(31-36-24(18)15-7-8-15)21-19(28)5-4-6-20(21)29/h4-6,9-11,13,15H,7-8,12H2,1-3H3,(H,32,33). The van der Waals surface area contributed by atoms with E-state index in [-0.39, 0.29) is 12.5 Å². The molecule has 1 N–H and O–H groups in total. The molecule has 5 rings (SSSR count). The zero-order chi connectivity index (χ0) is 26.3. The van der Waals surface area contributed by atoms with Gasteiger partial charge >= 0.3 is 6.16 Å². The summed E-state index contributed by atoms with van der Waals surface area (Å²) in [7, 11) is 0. The molecular formula is C27H24Cl2N2O5S. The minimum absolute atomic E-state index is 0.0207. The maximum Gasteiger partial charge on any atom is 0.512 e. The number of thiazole rings is 1. The smallest absolute Gasteiger partial charge is 0.489 e. The Bertz CT molecular complexity index is 1460. The molecule has 1 aliphatic carbocycles. The van der Waals surface area contributed by atoms with Crippen molar-refractivity contribution in [1.82, 2.24) is 10.1 Å². The lowest BCUT2D eigenvalue weighted by Gasteiger charge is -2.11. The van der Waals surface area contributed by atoms with Crippen molar-refractivity contribution in [2.24, 2.45) is 0 Å². The minimum Gasteiger partial charge on any atom is -0.489 e. The molecule has 0 spiro atoms. The zero-order valence-corrected chi connectivity index (χ0v) is 22.7. The molecule has 0 saturated heterocycles. The number of ether oxygens (including phenoxy) is 2. The van der Waals surface area contributed by atoms with E-state index in [1.165, 1.54) is 11.3 Å². The number of aromatic nitrogens is 2. The highest BCUT2D eigenvalue weighted by Gasteiger charge is 2.33. The predicted molar refractivity (Wildman–Crippen MR) is 143 cm³/mol. The van der Waals surface area contributed by atoms with E-state index in [9.17, 15) is 4.79 Å². The van der Waals surface area contributed by atoms with E-state index in [2.05, 4.69) is 10.1 Å². The molecule has 10 heteroatoms. The first-order valence-corrected chi connectivity index (χ1v) is 13.4. The summed E-state index contributed by atoms with van der Waals surface area (Å²) in [4.78, 5) is 15.8. The van der Waals surface area contributed by atoms with Crippen molar-refractivity contribution >= 4 is 40.7 Å². The highest BCUT2D eigenvalue weighted by Crippen LogP contribution is 2.46. The number of carbonyl (C=O) groups is 1. The fourth-order valence-electron chi connectivity index (χ4n) is 4.12. The van der Waals surface area contributed by atoms with Crippen LogP contribution in [0.5, 0.6) is 10.8 Å². The van der Waals surface area contributed by atoms with Gasteiger partial charge in [-0.1, -0.05) is 59.6 Å². The molecule has 1 saturated carbocycles. The second kappa shape index (κ2) is 10.4. The molecule has 0 atom stereocenters. The van der Waals surface area contributed by atoms with Crippen LogP contribution in [0.25, 0.3) is 21.8 Å². The summed E-state index contributed by atoms with van der Waals surface area (Å²) < 4.78 is 16.9. The molecule has 1 aliphatic rings. The second-order valence-electron chi connectivity index (χ2n) is 9.22. The van der Waals surface area contributed by atoms with Crippen LogP contribution in [0.4, 0.5) is 4.79 Å². The number of hydrogen-bond acceptors (Lipinski definition) is 7. The number of halogens is 2. The number of aryl methyl sites for hydroxylation is 1. The topological polar surface area (TPSA) is 94.7 Å². The third-order valence-corrected chi connectivity index (χ3v) is 7.74. The Morgan fingerprint density at radius 1 is 1.22 bits per heavy atom. The van der Waals surface area contributed by atoms with Gasteiger partial charge in [-0.3, -0.25) is 0 Å². The molecule has 0 unspecified atom stereocenters. The molecule has 4 aromatic rings. The summed E-state index contributed by atoms with van der Waals surface area (Å²) in [5.74, 6) is 1.83. The largest absolute Gasteiger partial charge is 0.512 e. The highest BCUT2D eigenvalue weighted by molar-refractivity contribution is 7.17. The van der Waals surface area contributed by atoms with Gasteiger partial charge in [0.25, 0.3) is 0 Å². The van der Waals surface area contributed by atoms with Gasteiger partial charge in [0.05, 0.1) is 21.3 Å². The maximum atomic E-state index is 11.1. The maximum absolute atomic E-state index is 11.1. The normalized spacial score (nSPS) is 13.2. The van der Waals surface area contributed by atoms with E-state index in [1.807, 2.05) is 39.0 Å². The summed E-state index contributed by atoms with van der Waals surface area (Å²) >= 11 is 14.1. The molecule has 0 amide bonds. The summed E-state index contributed by atoms with van der Waals surface area (Å²) in [5, 5.41) is 15.4. The lowest BCUT2D eigenvalue weighted by atomic mass is 10.0. The Morgan fingerprint density at radius 3 is 2.57 bits per heavy atom. The van der Waals surface area contributed by atoms with Gasteiger partial charge in [-0.05, 0) is 55.7 Å². The highest BCUT2D eigenvalue weighted by atomic mass is 35.5. The van der Waals surface area contributed by atoms with Crippen LogP contribution in [0, 0.1) is 6.92 Å². The Kier molecular flexibility index (Phi) is 7.16. The van der Waals surface area contributed by atoms with E-state index in [1.54, 1.807) is 18.2 Å².